The van der Waals surface area contributed by atoms with E-state index in [2.05, 4.69) is 16.0 Å². The Morgan fingerprint density at radius 2 is 1.70 bits per heavy atom. The van der Waals surface area contributed by atoms with Gasteiger partial charge in [0.05, 0.1) is 10.6 Å². The number of carboxylic acid groups (broad SMARTS) is 1. The molecule has 10 heteroatoms. The lowest BCUT2D eigenvalue weighted by Crippen LogP contribution is -2.50. The number of hydrogen-bond acceptors (Lipinski definition) is 5. The van der Waals surface area contributed by atoms with Crippen molar-refractivity contribution in [3.63, 3.8) is 0 Å². The fourth-order valence-electron chi connectivity index (χ4n) is 2.69. The van der Waals surface area contributed by atoms with Gasteiger partial charge in [-0.15, -0.1) is 0 Å². The number of phenols is 1. The maximum Gasteiger partial charge on any atom is 0.328 e. The van der Waals surface area contributed by atoms with Crippen molar-refractivity contribution in [1.29, 1.82) is 0 Å². The third-order valence-corrected chi connectivity index (χ3v) is 4.90. The topological polar surface area (TPSA) is 145 Å². The van der Waals surface area contributed by atoms with E-state index < -0.39 is 29.2 Å². The molecule has 0 spiro atoms. The smallest absolute Gasteiger partial charge is 0.328 e. The molecule has 0 unspecified atom stereocenters. The molecule has 33 heavy (non-hydrogen) atoms. The van der Waals surface area contributed by atoms with Gasteiger partial charge in [0, 0.05) is 24.1 Å². The summed E-state index contributed by atoms with van der Waals surface area (Å²) in [5.41, 5.74) is 0.162. The molecule has 0 aliphatic heterocycles. The molecular formula is C23H26ClN3O6. The summed E-state index contributed by atoms with van der Waals surface area (Å²) >= 11 is 6.17. The average Bonchev–Trinajstić information content (AvgIpc) is 2.73. The molecule has 2 aromatic rings. The number of carboxylic acids is 1. The van der Waals surface area contributed by atoms with E-state index in [9.17, 15) is 29.4 Å². The number of halogens is 1. The van der Waals surface area contributed by atoms with Crippen molar-refractivity contribution in [3.05, 3.63) is 64.2 Å². The average molecular weight is 476 g/mol. The highest BCUT2D eigenvalue weighted by molar-refractivity contribution is 6.34. The maximum atomic E-state index is 12.5. The number of rotatable bonds is 8. The van der Waals surface area contributed by atoms with Gasteiger partial charge in [0.2, 0.25) is 5.91 Å². The molecule has 2 rings (SSSR count). The van der Waals surface area contributed by atoms with E-state index in [1.165, 1.54) is 30.3 Å². The molecule has 0 aliphatic rings. The van der Waals surface area contributed by atoms with E-state index in [0.29, 0.717) is 5.56 Å². The predicted octanol–water partition coefficient (Wildman–Crippen LogP) is 2.32. The van der Waals surface area contributed by atoms with Gasteiger partial charge in [-0.3, -0.25) is 14.4 Å². The molecule has 1 atom stereocenters. The monoisotopic (exact) mass is 475 g/mol. The highest BCUT2D eigenvalue weighted by Gasteiger charge is 2.26. The third kappa shape index (κ3) is 7.50. The van der Waals surface area contributed by atoms with Crippen LogP contribution in [0.5, 0.6) is 5.75 Å². The number of hydrogen-bond donors (Lipinski definition) is 5. The molecule has 2 aromatic carbocycles. The minimum absolute atomic E-state index is 0.0189. The first-order valence-electron chi connectivity index (χ1n) is 10.1. The molecule has 0 radical (unpaired) electrons. The Bertz CT molecular complexity index is 1060. The molecule has 0 heterocycles. The Balaban J connectivity index is 2.03. The number of carbonyl (C=O) groups is 4. The largest absolute Gasteiger partial charge is 0.508 e. The number of carbonyl (C=O) groups excluding carboxylic acids is 3. The molecule has 3 amide bonds. The Labute approximate surface area is 196 Å². The lowest BCUT2D eigenvalue weighted by atomic mass is 9.95. The highest BCUT2D eigenvalue weighted by atomic mass is 35.5. The summed E-state index contributed by atoms with van der Waals surface area (Å²) in [6.45, 7) is 4.91. The van der Waals surface area contributed by atoms with Gasteiger partial charge in [-0.1, -0.05) is 44.5 Å². The van der Waals surface area contributed by atoms with E-state index in [1.807, 2.05) is 0 Å². The van der Waals surface area contributed by atoms with E-state index in [-0.39, 0.29) is 40.9 Å². The van der Waals surface area contributed by atoms with Crippen molar-refractivity contribution < 1.29 is 29.4 Å². The molecule has 9 nitrogen and oxygen atoms in total. The van der Waals surface area contributed by atoms with Gasteiger partial charge >= 0.3 is 5.97 Å². The predicted molar refractivity (Wildman–Crippen MR) is 122 cm³/mol. The fourth-order valence-corrected chi connectivity index (χ4v) is 2.95. The van der Waals surface area contributed by atoms with Crippen LogP contribution in [0.1, 0.15) is 47.1 Å². The minimum Gasteiger partial charge on any atom is -0.508 e. The van der Waals surface area contributed by atoms with Crippen LogP contribution in [0, 0.1) is 5.41 Å². The Hall–Kier alpha value is -3.59. The van der Waals surface area contributed by atoms with Crippen LogP contribution in [0.2, 0.25) is 5.02 Å². The van der Waals surface area contributed by atoms with Crippen LogP contribution in [0.25, 0.3) is 0 Å². The standard InChI is InChI=1S/C23H26ClN3O6/c1-23(2,3)22(33)26-12-18(21(31)32)27-20(30)16-8-7-14(10-17(16)24)19(29)25-11-13-5-4-6-15(28)9-13/h4-10,18,28H,11-12H2,1-3H3,(H,25,29)(H,26,33)(H,27,30)(H,31,32)/t18-/m0/s1. The Kier molecular flexibility index (Phi) is 8.42. The first-order chi connectivity index (χ1) is 15.4. The van der Waals surface area contributed by atoms with Crippen molar-refractivity contribution >= 4 is 35.3 Å². The number of aliphatic carboxylic acids is 1. The number of amides is 3. The quantitative estimate of drug-likeness (QED) is 0.396. The summed E-state index contributed by atoms with van der Waals surface area (Å²) < 4.78 is 0. The number of aromatic hydroxyl groups is 1. The summed E-state index contributed by atoms with van der Waals surface area (Å²) in [4.78, 5) is 48.4. The number of phenolic OH excluding ortho intramolecular Hbond substituents is 1. The van der Waals surface area contributed by atoms with Crippen LogP contribution in [-0.4, -0.2) is 46.5 Å². The summed E-state index contributed by atoms with van der Waals surface area (Å²) in [7, 11) is 0. The van der Waals surface area contributed by atoms with E-state index in [1.54, 1.807) is 32.9 Å². The zero-order valence-electron chi connectivity index (χ0n) is 18.4. The van der Waals surface area contributed by atoms with Crippen LogP contribution >= 0.6 is 11.6 Å². The zero-order chi connectivity index (χ0) is 24.8. The SMILES string of the molecule is CC(C)(C)C(=O)NC[C@H](NC(=O)c1ccc(C(=O)NCc2cccc(O)c2)cc1Cl)C(=O)O. The Morgan fingerprint density at radius 1 is 1.00 bits per heavy atom. The van der Waals surface area contributed by atoms with Gasteiger partial charge < -0.3 is 26.2 Å². The lowest BCUT2D eigenvalue weighted by Gasteiger charge is -2.21. The van der Waals surface area contributed by atoms with Gasteiger partial charge in [-0.05, 0) is 35.9 Å². The zero-order valence-corrected chi connectivity index (χ0v) is 19.2. The van der Waals surface area contributed by atoms with Crippen LogP contribution < -0.4 is 16.0 Å². The first kappa shape index (κ1) is 25.7. The second-order valence-electron chi connectivity index (χ2n) is 8.37. The number of nitrogens with one attached hydrogen (secondary N) is 3. The van der Waals surface area contributed by atoms with Gasteiger partial charge in [-0.25, -0.2) is 4.79 Å². The third-order valence-electron chi connectivity index (χ3n) is 4.59. The van der Waals surface area contributed by atoms with Crippen LogP contribution in [0.4, 0.5) is 0 Å². The van der Waals surface area contributed by atoms with E-state index in [4.69, 9.17) is 11.6 Å². The second kappa shape index (κ2) is 10.8. The normalized spacial score (nSPS) is 11.9. The molecule has 0 saturated carbocycles. The van der Waals surface area contributed by atoms with Gasteiger partial charge in [0.1, 0.15) is 11.8 Å². The van der Waals surface area contributed by atoms with Crippen LogP contribution in [0.15, 0.2) is 42.5 Å². The fraction of sp³-hybridized carbons (Fsp3) is 0.304. The molecule has 5 N–H and O–H groups in total. The van der Waals surface area contributed by atoms with E-state index in [0.717, 1.165) is 0 Å². The molecule has 0 bridgehead atoms. The Morgan fingerprint density at radius 3 is 2.27 bits per heavy atom. The number of benzene rings is 2. The van der Waals surface area contributed by atoms with Crippen molar-refractivity contribution in [2.24, 2.45) is 5.41 Å². The molecule has 0 saturated heterocycles. The summed E-state index contributed by atoms with van der Waals surface area (Å²) in [6.07, 6.45) is 0. The lowest BCUT2D eigenvalue weighted by molar-refractivity contribution is -0.139. The summed E-state index contributed by atoms with van der Waals surface area (Å²) in [5.74, 6) is -2.80. The maximum absolute atomic E-state index is 12.5. The van der Waals surface area contributed by atoms with Crippen molar-refractivity contribution in [3.8, 4) is 5.75 Å². The van der Waals surface area contributed by atoms with Gasteiger partial charge in [0.15, 0.2) is 0 Å². The molecule has 176 valence electrons. The summed E-state index contributed by atoms with van der Waals surface area (Å²) in [5, 5.41) is 26.3. The molecular weight excluding hydrogens is 450 g/mol. The van der Waals surface area contributed by atoms with E-state index >= 15 is 0 Å². The summed E-state index contributed by atoms with van der Waals surface area (Å²) in [6, 6.07) is 9.05. The van der Waals surface area contributed by atoms with Crippen molar-refractivity contribution in [2.75, 3.05) is 6.54 Å². The molecule has 0 aliphatic carbocycles. The highest BCUT2D eigenvalue weighted by Crippen LogP contribution is 2.19. The van der Waals surface area contributed by atoms with Gasteiger partial charge in [0.25, 0.3) is 11.8 Å². The van der Waals surface area contributed by atoms with Gasteiger partial charge in [-0.2, -0.15) is 0 Å². The molecule has 0 aromatic heterocycles. The van der Waals surface area contributed by atoms with Crippen molar-refractivity contribution in [1.82, 2.24) is 16.0 Å². The van der Waals surface area contributed by atoms with Crippen LogP contribution in [0.3, 0.4) is 0 Å². The first-order valence-corrected chi connectivity index (χ1v) is 10.4. The van der Waals surface area contributed by atoms with Crippen molar-refractivity contribution in [2.45, 2.75) is 33.4 Å². The second-order valence-corrected chi connectivity index (χ2v) is 8.78. The minimum atomic E-state index is -1.37. The van der Waals surface area contributed by atoms with Crippen LogP contribution in [-0.2, 0) is 16.1 Å². The molecule has 0 fully saturated rings.